The average molecular weight is 294 g/mol. The molecule has 1 N–H and O–H groups in total. The molecule has 1 fully saturated rings. The molecule has 1 atom stereocenters. The first-order valence-electron chi connectivity index (χ1n) is 8.42. The monoisotopic (exact) mass is 294 g/mol. The first kappa shape index (κ1) is 15.3. The predicted molar refractivity (Wildman–Crippen MR) is 94.0 cm³/mol. The minimum Gasteiger partial charge on any atom is -0.312 e. The summed E-state index contributed by atoms with van der Waals surface area (Å²) in [5.41, 5.74) is 3.95. The molecule has 1 saturated heterocycles. The molecule has 0 spiro atoms. The molecule has 3 rings (SSSR count). The van der Waals surface area contributed by atoms with Crippen molar-refractivity contribution < 1.29 is 0 Å². The number of piperidine rings is 1. The zero-order valence-corrected chi connectivity index (χ0v) is 13.5. The molecule has 1 heterocycles. The molecule has 2 heteroatoms. The summed E-state index contributed by atoms with van der Waals surface area (Å²) in [7, 11) is 2.07. The van der Waals surface area contributed by atoms with Gasteiger partial charge in [0, 0.05) is 12.6 Å². The minimum absolute atomic E-state index is 0.419. The molecule has 1 aliphatic heterocycles. The predicted octanol–water partition coefficient (Wildman–Crippen LogP) is 4.10. The van der Waals surface area contributed by atoms with E-state index in [-0.39, 0.29) is 0 Å². The second-order valence-electron chi connectivity index (χ2n) is 6.19. The van der Waals surface area contributed by atoms with Crippen molar-refractivity contribution in [3.63, 3.8) is 0 Å². The molecular weight excluding hydrogens is 268 g/mol. The molecule has 0 bridgehead atoms. The fraction of sp³-hybridized carbons (Fsp3) is 0.400. The number of nitrogens with zero attached hydrogens (tertiary/aromatic N) is 1. The summed E-state index contributed by atoms with van der Waals surface area (Å²) in [4.78, 5) is 2.59. The fourth-order valence-electron chi connectivity index (χ4n) is 3.30. The van der Waals surface area contributed by atoms with Gasteiger partial charge in [-0.15, -0.1) is 0 Å². The molecule has 1 aliphatic rings. The average Bonchev–Trinajstić information content (AvgIpc) is 2.61. The van der Waals surface area contributed by atoms with E-state index in [0.29, 0.717) is 6.04 Å². The van der Waals surface area contributed by atoms with E-state index in [1.165, 1.54) is 49.0 Å². The molecule has 0 aromatic heterocycles. The smallest absolute Gasteiger partial charge is 0.0446 e. The van der Waals surface area contributed by atoms with Gasteiger partial charge in [-0.3, -0.25) is 0 Å². The van der Waals surface area contributed by atoms with Gasteiger partial charge in [0.05, 0.1) is 0 Å². The van der Waals surface area contributed by atoms with E-state index in [4.69, 9.17) is 0 Å². The van der Waals surface area contributed by atoms with Crippen LogP contribution >= 0.6 is 0 Å². The Bertz CT molecular complexity index is 556. The van der Waals surface area contributed by atoms with Gasteiger partial charge in [-0.25, -0.2) is 0 Å². The van der Waals surface area contributed by atoms with Gasteiger partial charge < -0.3 is 10.2 Å². The summed E-state index contributed by atoms with van der Waals surface area (Å²) in [5, 5.41) is 3.48. The van der Waals surface area contributed by atoms with Crippen LogP contribution in [0.5, 0.6) is 0 Å². The van der Waals surface area contributed by atoms with Crippen LogP contribution in [0, 0.1) is 0 Å². The second-order valence-corrected chi connectivity index (χ2v) is 6.19. The van der Waals surface area contributed by atoms with Crippen LogP contribution < -0.4 is 5.32 Å². The molecule has 22 heavy (non-hydrogen) atoms. The summed E-state index contributed by atoms with van der Waals surface area (Å²) in [6.07, 6.45) is 4.10. The Morgan fingerprint density at radius 1 is 0.864 bits per heavy atom. The van der Waals surface area contributed by atoms with Gasteiger partial charge >= 0.3 is 0 Å². The summed E-state index contributed by atoms with van der Waals surface area (Å²) in [6, 6.07) is 20.0. The lowest BCUT2D eigenvalue weighted by Gasteiger charge is -2.30. The highest BCUT2D eigenvalue weighted by Crippen LogP contribution is 2.23. The zero-order chi connectivity index (χ0) is 15.2. The van der Waals surface area contributed by atoms with Crippen LogP contribution in [0.4, 0.5) is 0 Å². The van der Waals surface area contributed by atoms with E-state index in [2.05, 4.69) is 71.9 Å². The molecule has 0 unspecified atom stereocenters. The summed E-state index contributed by atoms with van der Waals surface area (Å²) in [6.45, 7) is 3.61. The third-order valence-corrected chi connectivity index (χ3v) is 4.66. The van der Waals surface area contributed by atoms with E-state index in [0.717, 1.165) is 6.54 Å². The maximum absolute atomic E-state index is 3.48. The number of likely N-dealkylation sites (N-methyl/N-ethyl adjacent to an activating group) is 1. The van der Waals surface area contributed by atoms with Crippen LogP contribution in [0.15, 0.2) is 54.6 Å². The number of likely N-dealkylation sites (tertiary alicyclic amines) is 1. The third-order valence-electron chi connectivity index (χ3n) is 4.66. The van der Waals surface area contributed by atoms with E-state index in [9.17, 15) is 0 Å². The molecule has 2 nitrogen and oxygen atoms in total. The van der Waals surface area contributed by atoms with E-state index >= 15 is 0 Å². The van der Waals surface area contributed by atoms with Crippen LogP contribution in [0.3, 0.4) is 0 Å². The van der Waals surface area contributed by atoms with E-state index in [1.54, 1.807) is 0 Å². The van der Waals surface area contributed by atoms with Crippen molar-refractivity contribution in [3.05, 3.63) is 60.2 Å². The van der Waals surface area contributed by atoms with Crippen LogP contribution in [-0.2, 0) is 0 Å². The lowest BCUT2D eigenvalue weighted by atomic mass is 10.00. The van der Waals surface area contributed by atoms with Crippen molar-refractivity contribution in [1.29, 1.82) is 0 Å². The Kier molecular flexibility index (Phi) is 5.25. The Morgan fingerprint density at radius 3 is 2.14 bits per heavy atom. The molecule has 2 aromatic rings. The SMILES string of the molecule is CN[C@@H](CN1CCCCC1)c1ccc(-c2ccccc2)cc1. The topological polar surface area (TPSA) is 15.3 Å². The van der Waals surface area contributed by atoms with Crippen LogP contribution in [0.1, 0.15) is 30.9 Å². The summed E-state index contributed by atoms with van der Waals surface area (Å²) in [5.74, 6) is 0. The van der Waals surface area contributed by atoms with E-state index in [1.807, 2.05) is 0 Å². The van der Waals surface area contributed by atoms with Crippen molar-refractivity contribution in [2.24, 2.45) is 0 Å². The third kappa shape index (κ3) is 3.76. The van der Waals surface area contributed by atoms with Crippen LogP contribution in [-0.4, -0.2) is 31.6 Å². The fourth-order valence-corrected chi connectivity index (χ4v) is 3.30. The maximum atomic E-state index is 3.48. The highest BCUT2D eigenvalue weighted by Gasteiger charge is 2.16. The van der Waals surface area contributed by atoms with Crippen molar-refractivity contribution >= 4 is 0 Å². The van der Waals surface area contributed by atoms with Gasteiger partial charge in [0.1, 0.15) is 0 Å². The highest BCUT2D eigenvalue weighted by atomic mass is 15.1. The lowest BCUT2D eigenvalue weighted by molar-refractivity contribution is 0.208. The molecule has 0 radical (unpaired) electrons. The number of nitrogens with one attached hydrogen (secondary N) is 1. The molecule has 0 aliphatic carbocycles. The first-order valence-corrected chi connectivity index (χ1v) is 8.42. The van der Waals surface area contributed by atoms with E-state index < -0.39 is 0 Å². The number of benzene rings is 2. The lowest BCUT2D eigenvalue weighted by Crippen LogP contribution is -2.37. The van der Waals surface area contributed by atoms with Gasteiger partial charge in [0.15, 0.2) is 0 Å². The van der Waals surface area contributed by atoms with Crippen molar-refractivity contribution in [2.75, 3.05) is 26.7 Å². The molecular formula is C20H26N2. The van der Waals surface area contributed by atoms with Crippen LogP contribution in [0.25, 0.3) is 11.1 Å². The van der Waals surface area contributed by atoms with Crippen molar-refractivity contribution in [1.82, 2.24) is 10.2 Å². The van der Waals surface area contributed by atoms with Gasteiger partial charge in [0.25, 0.3) is 0 Å². The highest BCUT2D eigenvalue weighted by molar-refractivity contribution is 5.63. The molecule has 116 valence electrons. The van der Waals surface area contributed by atoms with Crippen LogP contribution in [0.2, 0.25) is 0 Å². The maximum Gasteiger partial charge on any atom is 0.0446 e. The largest absolute Gasteiger partial charge is 0.312 e. The van der Waals surface area contributed by atoms with Gasteiger partial charge in [-0.05, 0) is 49.7 Å². The normalized spacial score (nSPS) is 17.3. The second kappa shape index (κ2) is 7.57. The number of hydrogen-bond acceptors (Lipinski definition) is 2. The minimum atomic E-state index is 0.419. The zero-order valence-electron chi connectivity index (χ0n) is 13.5. The Labute approximate surface area is 134 Å². The molecule has 2 aromatic carbocycles. The van der Waals surface area contributed by atoms with Gasteiger partial charge in [-0.1, -0.05) is 61.0 Å². The first-order chi connectivity index (χ1) is 10.9. The van der Waals surface area contributed by atoms with Gasteiger partial charge in [-0.2, -0.15) is 0 Å². The van der Waals surface area contributed by atoms with Crippen molar-refractivity contribution in [2.45, 2.75) is 25.3 Å². The summed E-state index contributed by atoms with van der Waals surface area (Å²) < 4.78 is 0. The molecule has 0 saturated carbocycles. The number of hydrogen-bond donors (Lipinski definition) is 1. The quantitative estimate of drug-likeness (QED) is 0.893. The summed E-state index contributed by atoms with van der Waals surface area (Å²) >= 11 is 0. The Morgan fingerprint density at radius 2 is 1.50 bits per heavy atom. The molecule has 0 amide bonds. The van der Waals surface area contributed by atoms with Crippen molar-refractivity contribution in [3.8, 4) is 11.1 Å². The Balaban J connectivity index is 1.70. The van der Waals surface area contributed by atoms with Gasteiger partial charge in [0.2, 0.25) is 0 Å². The number of rotatable bonds is 5. The standard InChI is InChI=1S/C20H26N2/c1-21-20(16-22-14-6-3-7-15-22)19-12-10-18(11-13-19)17-8-4-2-5-9-17/h2,4-5,8-13,20-21H,3,6-7,14-16H2,1H3/t20-/m0/s1. The Hall–Kier alpha value is -1.64.